The smallest absolute Gasteiger partial charge is 0.348 e. The predicted molar refractivity (Wildman–Crippen MR) is 81.3 cm³/mol. The zero-order valence-electron chi connectivity index (χ0n) is 11.3. The van der Waals surface area contributed by atoms with Gasteiger partial charge in [-0.2, -0.15) is 0 Å². The van der Waals surface area contributed by atoms with Crippen LogP contribution in [0.25, 0.3) is 0 Å². The molecule has 9 heteroatoms. The Morgan fingerprint density at radius 1 is 1.35 bits per heavy atom. The summed E-state index contributed by atoms with van der Waals surface area (Å²) >= 11 is 1.05. The molecular weight excluding hydrogens is 324 g/mol. The highest BCUT2D eigenvalue weighted by atomic mass is 35.5. The molecule has 1 heterocycles. The van der Waals surface area contributed by atoms with Gasteiger partial charge in [0.05, 0.1) is 12.0 Å². The van der Waals surface area contributed by atoms with Crippen molar-refractivity contribution in [3.05, 3.63) is 16.3 Å². The summed E-state index contributed by atoms with van der Waals surface area (Å²) in [5.41, 5.74) is 0. The lowest BCUT2D eigenvalue weighted by Gasteiger charge is -2.05. The molecule has 6 nitrogen and oxygen atoms in total. The van der Waals surface area contributed by atoms with Crippen LogP contribution in [0.5, 0.6) is 0 Å². The maximum absolute atomic E-state index is 11.9. The number of nitrogens with one attached hydrogen (secondary N) is 2. The number of carbonyl (C=O) groups is 1. The number of sulfonamides is 1. The van der Waals surface area contributed by atoms with Crippen molar-refractivity contribution in [3.63, 3.8) is 0 Å². The van der Waals surface area contributed by atoms with Crippen molar-refractivity contribution in [2.24, 2.45) is 0 Å². The Labute approximate surface area is 129 Å². The number of rotatable bonds is 8. The molecule has 0 atom stereocenters. The number of methoxy groups -OCH3 is 1. The molecule has 0 spiro atoms. The van der Waals surface area contributed by atoms with Gasteiger partial charge in [0, 0.05) is 18.5 Å². The quantitative estimate of drug-likeness (QED) is 0.548. The van der Waals surface area contributed by atoms with Crippen LogP contribution in [-0.2, 0) is 14.8 Å². The number of hydrogen-bond acceptors (Lipinski definition) is 6. The van der Waals surface area contributed by atoms with E-state index in [0.29, 0.717) is 13.1 Å². The number of esters is 1. The normalized spacial score (nSPS) is 10.9. The Morgan fingerprint density at radius 3 is 2.65 bits per heavy atom. The Kier molecular flexibility index (Phi) is 8.99. The number of thiophene rings is 1. The van der Waals surface area contributed by atoms with E-state index in [1.807, 2.05) is 6.92 Å². The second-order valence-corrected chi connectivity index (χ2v) is 6.46. The Bertz CT molecular complexity index is 516. The standard InChI is InChI=1S/C11H18N2O4S2.ClH/c1-3-4-12-5-6-13-19(15,16)9-7-10(18-8-9)11(14)17-2;/h7-8,12-13H,3-6H2,1-2H3;1H. The maximum Gasteiger partial charge on any atom is 0.348 e. The van der Waals surface area contributed by atoms with Crippen molar-refractivity contribution >= 4 is 39.7 Å². The van der Waals surface area contributed by atoms with E-state index < -0.39 is 16.0 Å². The molecule has 0 aliphatic heterocycles. The number of carbonyl (C=O) groups excluding carboxylic acids is 1. The lowest BCUT2D eigenvalue weighted by atomic mass is 10.5. The third kappa shape index (κ3) is 5.76. The van der Waals surface area contributed by atoms with Gasteiger partial charge in [-0.15, -0.1) is 23.7 Å². The van der Waals surface area contributed by atoms with E-state index >= 15 is 0 Å². The first kappa shape index (κ1) is 19.3. The zero-order valence-corrected chi connectivity index (χ0v) is 13.8. The summed E-state index contributed by atoms with van der Waals surface area (Å²) in [5.74, 6) is -0.531. The molecule has 1 aromatic rings. The van der Waals surface area contributed by atoms with Gasteiger partial charge in [0.1, 0.15) is 4.88 Å². The second kappa shape index (κ2) is 9.30. The van der Waals surface area contributed by atoms with Crippen LogP contribution in [0.1, 0.15) is 23.0 Å². The van der Waals surface area contributed by atoms with Crippen LogP contribution in [0.4, 0.5) is 0 Å². The summed E-state index contributed by atoms with van der Waals surface area (Å²) in [6.45, 7) is 3.77. The lowest BCUT2D eigenvalue weighted by Crippen LogP contribution is -2.32. The van der Waals surface area contributed by atoms with E-state index in [1.165, 1.54) is 18.6 Å². The van der Waals surface area contributed by atoms with E-state index in [2.05, 4.69) is 14.8 Å². The molecule has 0 unspecified atom stereocenters. The summed E-state index contributed by atoms with van der Waals surface area (Å²) in [7, 11) is -2.30. The van der Waals surface area contributed by atoms with Gasteiger partial charge in [0.15, 0.2) is 0 Å². The van der Waals surface area contributed by atoms with Crippen LogP contribution in [-0.4, -0.2) is 41.1 Å². The van der Waals surface area contributed by atoms with Crippen molar-refractivity contribution in [3.8, 4) is 0 Å². The van der Waals surface area contributed by atoms with Gasteiger partial charge in [-0.05, 0) is 19.0 Å². The summed E-state index contributed by atoms with van der Waals surface area (Å²) in [5, 5.41) is 4.52. The van der Waals surface area contributed by atoms with E-state index in [9.17, 15) is 13.2 Å². The van der Waals surface area contributed by atoms with Crippen molar-refractivity contribution in [1.82, 2.24) is 10.0 Å². The summed E-state index contributed by atoms with van der Waals surface area (Å²) < 4.78 is 30.8. The molecule has 0 saturated heterocycles. The predicted octanol–water partition coefficient (Wildman–Crippen LogP) is 1.23. The minimum Gasteiger partial charge on any atom is -0.465 e. The van der Waals surface area contributed by atoms with Crippen LogP contribution < -0.4 is 10.0 Å². The fourth-order valence-electron chi connectivity index (χ4n) is 1.33. The number of halogens is 1. The molecule has 0 fully saturated rings. The van der Waals surface area contributed by atoms with Crippen LogP contribution in [0.3, 0.4) is 0 Å². The first-order valence-electron chi connectivity index (χ1n) is 5.88. The molecule has 1 rings (SSSR count). The van der Waals surface area contributed by atoms with Crippen LogP contribution in [0, 0.1) is 0 Å². The third-order valence-electron chi connectivity index (χ3n) is 2.29. The average molecular weight is 343 g/mol. The zero-order chi connectivity index (χ0) is 14.3. The van der Waals surface area contributed by atoms with Gasteiger partial charge in [-0.3, -0.25) is 0 Å². The molecule has 2 N–H and O–H groups in total. The highest BCUT2D eigenvalue weighted by molar-refractivity contribution is 7.89. The first-order chi connectivity index (χ1) is 9.01. The van der Waals surface area contributed by atoms with E-state index in [1.54, 1.807) is 0 Å². The van der Waals surface area contributed by atoms with Crippen molar-refractivity contribution in [2.75, 3.05) is 26.7 Å². The van der Waals surface area contributed by atoms with Crippen LogP contribution in [0.2, 0.25) is 0 Å². The van der Waals surface area contributed by atoms with E-state index in [4.69, 9.17) is 0 Å². The molecule has 0 saturated carbocycles. The fraction of sp³-hybridized carbons (Fsp3) is 0.545. The minimum absolute atomic E-state index is 0. The summed E-state index contributed by atoms with van der Waals surface area (Å²) in [4.78, 5) is 11.6. The van der Waals surface area contributed by atoms with Crippen molar-refractivity contribution in [2.45, 2.75) is 18.2 Å². The Hall–Kier alpha value is -0.670. The van der Waals surface area contributed by atoms with Gasteiger partial charge in [-0.25, -0.2) is 17.9 Å². The molecular formula is C11H19ClN2O4S2. The molecule has 0 aliphatic carbocycles. The van der Waals surface area contributed by atoms with Gasteiger partial charge < -0.3 is 10.1 Å². The van der Waals surface area contributed by atoms with Gasteiger partial charge in [0.25, 0.3) is 0 Å². The third-order valence-corrected chi connectivity index (χ3v) is 4.79. The molecule has 0 aromatic carbocycles. The van der Waals surface area contributed by atoms with Gasteiger partial charge in [-0.1, -0.05) is 6.92 Å². The Balaban J connectivity index is 0.00000361. The molecule has 116 valence electrons. The first-order valence-corrected chi connectivity index (χ1v) is 8.24. The van der Waals surface area contributed by atoms with E-state index in [-0.39, 0.29) is 22.2 Å². The minimum atomic E-state index is -3.56. The molecule has 0 amide bonds. The topological polar surface area (TPSA) is 84.5 Å². The number of ether oxygens (including phenoxy) is 1. The lowest BCUT2D eigenvalue weighted by molar-refractivity contribution is 0.0606. The molecule has 0 bridgehead atoms. The van der Waals surface area contributed by atoms with Crippen LogP contribution >= 0.6 is 23.7 Å². The summed E-state index contributed by atoms with van der Waals surface area (Å²) in [6.07, 6.45) is 1.000. The fourth-order valence-corrected chi connectivity index (χ4v) is 3.55. The second-order valence-electron chi connectivity index (χ2n) is 3.79. The molecule has 1 aromatic heterocycles. The monoisotopic (exact) mass is 342 g/mol. The van der Waals surface area contributed by atoms with E-state index in [0.717, 1.165) is 24.3 Å². The molecule has 0 aliphatic rings. The van der Waals surface area contributed by atoms with Crippen molar-refractivity contribution in [1.29, 1.82) is 0 Å². The average Bonchev–Trinajstić information content (AvgIpc) is 2.88. The Morgan fingerprint density at radius 2 is 2.05 bits per heavy atom. The van der Waals surface area contributed by atoms with Gasteiger partial charge >= 0.3 is 5.97 Å². The van der Waals surface area contributed by atoms with Gasteiger partial charge in [0.2, 0.25) is 10.0 Å². The largest absolute Gasteiger partial charge is 0.465 e. The SMILES string of the molecule is CCCNCCNS(=O)(=O)c1csc(C(=O)OC)c1.Cl. The highest BCUT2D eigenvalue weighted by Crippen LogP contribution is 2.19. The van der Waals surface area contributed by atoms with Crippen LogP contribution in [0.15, 0.2) is 16.3 Å². The maximum atomic E-state index is 11.9. The highest BCUT2D eigenvalue weighted by Gasteiger charge is 2.18. The number of hydrogen-bond donors (Lipinski definition) is 2. The summed E-state index contributed by atoms with van der Waals surface area (Å²) in [6, 6.07) is 1.32. The van der Waals surface area contributed by atoms with Crippen molar-refractivity contribution < 1.29 is 17.9 Å². The molecule has 20 heavy (non-hydrogen) atoms. The molecule has 0 radical (unpaired) electrons.